The Morgan fingerprint density at radius 3 is 3.16 bits per heavy atom. The maximum Gasteiger partial charge on any atom is 0.244 e. The highest BCUT2D eigenvalue weighted by Gasteiger charge is 2.22. The van der Waals surface area contributed by atoms with Crippen molar-refractivity contribution in [1.82, 2.24) is 5.32 Å². The molecule has 1 unspecified atom stereocenters. The maximum absolute atomic E-state index is 13.1. The van der Waals surface area contributed by atoms with Crippen LogP contribution in [0.3, 0.4) is 0 Å². The first-order valence-corrected chi connectivity index (χ1v) is 6.25. The molecule has 6 heteroatoms. The number of carbonyl (C=O) groups excluding carboxylic acids is 1. The van der Waals surface area contributed by atoms with Crippen LogP contribution in [0, 0.1) is 5.82 Å². The SMILES string of the molecule is CCOc1cc(F)ccc1NC(=O)C1COCCN1. The molecule has 0 aliphatic carbocycles. The van der Waals surface area contributed by atoms with Crippen molar-refractivity contribution < 1.29 is 18.7 Å². The smallest absolute Gasteiger partial charge is 0.244 e. The quantitative estimate of drug-likeness (QED) is 0.860. The summed E-state index contributed by atoms with van der Waals surface area (Å²) in [5.74, 6) is -0.291. The van der Waals surface area contributed by atoms with Gasteiger partial charge in [-0.3, -0.25) is 4.79 Å². The normalized spacial score (nSPS) is 18.9. The van der Waals surface area contributed by atoms with E-state index in [4.69, 9.17) is 9.47 Å². The standard InChI is InChI=1S/C13H17FN2O3/c1-2-19-12-7-9(14)3-4-10(12)16-13(17)11-8-18-6-5-15-11/h3-4,7,11,15H,2,5-6,8H2,1H3,(H,16,17). The molecule has 1 amide bonds. The average molecular weight is 268 g/mol. The molecule has 1 aliphatic heterocycles. The largest absolute Gasteiger partial charge is 0.492 e. The summed E-state index contributed by atoms with van der Waals surface area (Å²) < 4.78 is 23.7. The van der Waals surface area contributed by atoms with Crippen molar-refractivity contribution in [2.45, 2.75) is 13.0 Å². The van der Waals surface area contributed by atoms with Gasteiger partial charge in [0.1, 0.15) is 17.6 Å². The molecule has 0 bridgehead atoms. The highest BCUT2D eigenvalue weighted by atomic mass is 19.1. The van der Waals surface area contributed by atoms with Gasteiger partial charge in [0, 0.05) is 12.6 Å². The molecule has 1 fully saturated rings. The van der Waals surface area contributed by atoms with Crippen molar-refractivity contribution in [2.75, 3.05) is 31.7 Å². The minimum atomic E-state index is -0.402. The number of halogens is 1. The van der Waals surface area contributed by atoms with E-state index in [-0.39, 0.29) is 5.91 Å². The van der Waals surface area contributed by atoms with Gasteiger partial charge in [0.25, 0.3) is 0 Å². The second-order valence-electron chi connectivity index (χ2n) is 4.14. The number of rotatable bonds is 4. The molecule has 0 radical (unpaired) electrons. The van der Waals surface area contributed by atoms with E-state index in [0.717, 1.165) is 0 Å². The van der Waals surface area contributed by atoms with Gasteiger partial charge in [0.2, 0.25) is 5.91 Å². The Balaban J connectivity index is 2.06. The number of hydrogen-bond donors (Lipinski definition) is 2. The predicted octanol–water partition coefficient (Wildman–Crippen LogP) is 1.15. The van der Waals surface area contributed by atoms with E-state index in [1.807, 2.05) is 0 Å². The summed E-state index contributed by atoms with van der Waals surface area (Å²) in [5.41, 5.74) is 0.459. The first-order valence-electron chi connectivity index (χ1n) is 6.25. The van der Waals surface area contributed by atoms with E-state index in [0.29, 0.717) is 37.8 Å². The monoisotopic (exact) mass is 268 g/mol. The number of ether oxygens (including phenoxy) is 2. The summed E-state index contributed by atoms with van der Waals surface area (Å²) in [6.07, 6.45) is 0. The van der Waals surface area contributed by atoms with E-state index < -0.39 is 11.9 Å². The Kier molecular flexibility index (Phi) is 4.70. The molecule has 19 heavy (non-hydrogen) atoms. The zero-order valence-electron chi connectivity index (χ0n) is 10.7. The molecule has 5 nitrogen and oxygen atoms in total. The van der Waals surface area contributed by atoms with Crippen LogP contribution >= 0.6 is 0 Å². The minimum absolute atomic E-state index is 0.215. The zero-order valence-corrected chi connectivity index (χ0v) is 10.7. The third-order valence-corrected chi connectivity index (χ3v) is 2.74. The van der Waals surface area contributed by atoms with Gasteiger partial charge in [-0.1, -0.05) is 0 Å². The number of hydrogen-bond acceptors (Lipinski definition) is 4. The van der Waals surface area contributed by atoms with Gasteiger partial charge in [-0.15, -0.1) is 0 Å². The van der Waals surface area contributed by atoms with E-state index in [1.165, 1.54) is 18.2 Å². The van der Waals surface area contributed by atoms with Crippen molar-refractivity contribution >= 4 is 11.6 Å². The lowest BCUT2D eigenvalue weighted by molar-refractivity contribution is -0.120. The Labute approximate surface area is 111 Å². The zero-order chi connectivity index (χ0) is 13.7. The molecular weight excluding hydrogens is 251 g/mol. The molecule has 0 aromatic heterocycles. The number of amides is 1. The van der Waals surface area contributed by atoms with Gasteiger partial charge in [-0.05, 0) is 19.1 Å². The molecule has 1 saturated heterocycles. The summed E-state index contributed by atoms with van der Waals surface area (Å²) in [7, 11) is 0. The Morgan fingerprint density at radius 1 is 1.63 bits per heavy atom. The molecule has 0 saturated carbocycles. The molecule has 2 rings (SSSR count). The highest BCUT2D eigenvalue weighted by Crippen LogP contribution is 2.25. The van der Waals surface area contributed by atoms with Crippen molar-refractivity contribution in [3.63, 3.8) is 0 Å². The van der Waals surface area contributed by atoms with Crippen LogP contribution in [0.2, 0.25) is 0 Å². The van der Waals surface area contributed by atoms with Gasteiger partial charge < -0.3 is 20.1 Å². The van der Waals surface area contributed by atoms with E-state index in [9.17, 15) is 9.18 Å². The molecule has 1 atom stereocenters. The topological polar surface area (TPSA) is 59.6 Å². The molecule has 0 spiro atoms. The first-order chi connectivity index (χ1) is 9.20. The van der Waals surface area contributed by atoms with Gasteiger partial charge in [-0.25, -0.2) is 4.39 Å². The van der Waals surface area contributed by atoms with Crippen LogP contribution < -0.4 is 15.4 Å². The van der Waals surface area contributed by atoms with Crippen LogP contribution in [0.15, 0.2) is 18.2 Å². The van der Waals surface area contributed by atoms with Crippen LogP contribution in [0.25, 0.3) is 0 Å². The Morgan fingerprint density at radius 2 is 2.47 bits per heavy atom. The average Bonchev–Trinajstić information content (AvgIpc) is 2.43. The van der Waals surface area contributed by atoms with Crippen LogP contribution in [0.4, 0.5) is 10.1 Å². The number of carbonyl (C=O) groups is 1. The summed E-state index contributed by atoms with van der Waals surface area (Å²) >= 11 is 0. The van der Waals surface area contributed by atoms with Gasteiger partial charge in [0.05, 0.1) is 25.5 Å². The number of morpholine rings is 1. The molecule has 1 heterocycles. The van der Waals surface area contributed by atoms with Crippen molar-refractivity contribution in [3.05, 3.63) is 24.0 Å². The summed E-state index contributed by atoms with van der Waals surface area (Å²) in [6, 6.07) is 3.63. The number of nitrogens with one attached hydrogen (secondary N) is 2. The van der Waals surface area contributed by atoms with Gasteiger partial charge >= 0.3 is 0 Å². The molecular formula is C13H17FN2O3. The lowest BCUT2D eigenvalue weighted by Gasteiger charge is -2.23. The van der Waals surface area contributed by atoms with Crippen molar-refractivity contribution in [3.8, 4) is 5.75 Å². The van der Waals surface area contributed by atoms with Gasteiger partial charge in [-0.2, -0.15) is 0 Å². The molecule has 1 aliphatic rings. The van der Waals surface area contributed by atoms with Crippen molar-refractivity contribution in [1.29, 1.82) is 0 Å². The fourth-order valence-corrected chi connectivity index (χ4v) is 1.83. The fourth-order valence-electron chi connectivity index (χ4n) is 1.83. The van der Waals surface area contributed by atoms with E-state index in [1.54, 1.807) is 6.92 Å². The highest BCUT2D eigenvalue weighted by molar-refractivity contribution is 5.96. The van der Waals surface area contributed by atoms with Crippen LogP contribution in [0.5, 0.6) is 5.75 Å². The first kappa shape index (κ1) is 13.8. The summed E-state index contributed by atoms with van der Waals surface area (Å²) in [5, 5.41) is 5.77. The second-order valence-corrected chi connectivity index (χ2v) is 4.14. The minimum Gasteiger partial charge on any atom is -0.492 e. The van der Waals surface area contributed by atoms with E-state index in [2.05, 4.69) is 10.6 Å². The predicted molar refractivity (Wildman–Crippen MR) is 68.8 cm³/mol. The summed E-state index contributed by atoms with van der Waals surface area (Å²) in [6.45, 7) is 3.77. The Bertz CT molecular complexity index is 448. The lowest BCUT2D eigenvalue weighted by Crippen LogP contribution is -2.48. The van der Waals surface area contributed by atoms with Crippen molar-refractivity contribution in [2.24, 2.45) is 0 Å². The molecule has 2 N–H and O–H groups in total. The van der Waals surface area contributed by atoms with Crippen LogP contribution in [0.1, 0.15) is 6.92 Å². The third kappa shape index (κ3) is 3.65. The maximum atomic E-state index is 13.1. The fraction of sp³-hybridized carbons (Fsp3) is 0.462. The molecule has 1 aromatic rings. The number of anilines is 1. The lowest BCUT2D eigenvalue weighted by atomic mass is 10.2. The van der Waals surface area contributed by atoms with Gasteiger partial charge in [0.15, 0.2) is 0 Å². The molecule has 104 valence electrons. The van der Waals surface area contributed by atoms with Crippen LogP contribution in [-0.4, -0.2) is 38.3 Å². The third-order valence-electron chi connectivity index (χ3n) is 2.74. The Hall–Kier alpha value is -1.66. The van der Waals surface area contributed by atoms with Crippen LogP contribution in [-0.2, 0) is 9.53 Å². The molecule has 1 aromatic carbocycles. The second kappa shape index (κ2) is 6.49. The number of benzene rings is 1. The van der Waals surface area contributed by atoms with E-state index >= 15 is 0 Å². The summed E-state index contributed by atoms with van der Waals surface area (Å²) in [4.78, 5) is 12.0.